The van der Waals surface area contributed by atoms with Gasteiger partial charge in [-0.1, -0.05) is 5.16 Å². The summed E-state index contributed by atoms with van der Waals surface area (Å²) in [7, 11) is 0. The second-order valence-corrected chi connectivity index (χ2v) is 3.66. The molecule has 0 aliphatic heterocycles. The quantitative estimate of drug-likeness (QED) is 0.859. The van der Waals surface area contributed by atoms with Crippen molar-refractivity contribution in [2.45, 2.75) is 12.7 Å². The Kier molecular flexibility index (Phi) is 3.27. The molecule has 0 amide bonds. The lowest BCUT2D eigenvalue weighted by molar-refractivity contribution is -0.143. The zero-order valence-corrected chi connectivity index (χ0v) is 9.26. The van der Waals surface area contributed by atoms with E-state index in [9.17, 15) is 22.0 Å². The van der Waals surface area contributed by atoms with Gasteiger partial charge in [0.1, 0.15) is 11.6 Å². The van der Waals surface area contributed by atoms with E-state index in [0.717, 1.165) is 18.2 Å². The van der Waals surface area contributed by atoms with Crippen LogP contribution in [0.25, 0.3) is 11.3 Å². The van der Waals surface area contributed by atoms with Crippen LogP contribution in [0.2, 0.25) is 0 Å². The monoisotopic (exact) mass is 278 g/mol. The van der Waals surface area contributed by atoms with E-state index in [0.29, 0.717) is 0 Å². The van der Waals surface area contributed by atoms with Gasteiger partial charge in [0.2, 0.25) is 0 Å². The van der Waals surface area contributed by atoms with E-state index in [4.69, 9.17) is 5.73 Å². The van der Waals surface area contributed by atoms with Crippen LogP contribution in [0.15, 0.2) is 22.7 Å². The fourth-order valence-electron chi connectivity index (χ4n) is 1.60. The van der Waals surface area contributed by atoms with E-state index in [1.54, 1.807) is 0 Å². The highest BCUT2D eigenvalue weighted by molar-refractivity contribution is 5.63. The van der Waals surface area contributed by atoms with E-state index in [1.165, 1.54) is 0 Å². The molecular formula is C11H7F5N2O. The van der Waals surface area contributed by atoms with Crippen LogP contribution in [0.4, 0.5) is 22.0 Å². The van der Waals surface area contributed by atoms with Gasteiger partial charge in [0.25, 0.3) is 0 Å². The van der Waals surface area contributed by atoms with Crippen LogP contribution in [-0.4, -0.2) is 5.16 Å². The maximum absolute atomic E-state index is 13.5. The number of halogens is 5. The highest BCUT2D eigenvalue weighted by atomic mass is 19.4. The molecule has 2 aromatic rings. The number of nitrogens with zero attached hydrogens (tertiary/aromatic N) is 1. The Balaban J connectivity index is 2.64. The van der Waals surface area contributed by atoms with Crippen LogP contribution >= 0.6 is 0 Å². The molecule has 0 unspecified atom stereocenters. The fourth-order valence-corrected chi connectivity index (χ4v) is 1.60. The van der Waals surface area contributed by atoms with E-state index in [1.807, 2.05) is 0 Å². The second kappa shape index (κ2) is 4.61. The third-order valence-corrected chi connectivity index (χ3v) is 2.43. The Morgan fingerprint density at radius 3 is 2.47 bits per heavy atom. The summed E-state index contributed by atoms with van der Waals surface area (Å²) in [6, 6.07) is 2.33. The van der Waals surface area contributed by atoms with Crippen molar-refractivity contribution in [3.05, 3.63) is 41.1 Å². The van der Waals surface area contributed by atoms with Crippen LogP contribution in [0, 0.1) is 11.6 Å². The summed E-state index contributed by atoms with van der Waals surface area (Å²) in [5, 5.41) is 2.84. The van der Waals surface area contributed by atoms with Crippen molar-refractivity contribution >= 4 is 0 Å². The lowest BCUT2D eigenvalue weighted by Gasteiger charge is -2.05. The molecule has 19 heavy (non-hydrogen) atoms. The van der Waals surface area contributed by atoms with Crippen molar-refractivity contribution in [2.24, 2.45) is 5.73 Å². The van der Waals surface area contributed by atoms with Gasteiger partial charge in [-0.15, -0.1) is 0 Å². The van der Waals surface area contributed by atoms with Gasteiger partial charge in [0, 0.05) is 12.1 Å². The lowest BCUT2D eigenvalue weighted by atomic mass is 10.1. The summed E-state index contributed by atoms with van der Waals surface area (Å²) in [6.45, 7) is -0.566. The Morgan fingerprint density at radius 2 is 1.89 bits per heavy atom. The normalized spacial score (nSPS) is 11.9. The minimum Gasteiger partial charge on any atom is -0.355 e. The number of rotatable bonds is 2. The Hall–Kier alpha value is -1.96. The Bertz CT molecular complexity index is 606. The van der Waals surface area contributed by atoms with E-state index in [2.05, 4.69) is 9.68 Å². The Morgan fingerprint density at radius 1 is 1.21 bits per heavy atom. The summed E-state index contributed by atoms with van der Waals surface area (Å²) in [5.74, 6) is -2.27. The molecule has 1 heterocycles. The number of benzene rings is 1. The average molecular weight is 278 g/mol. The van der Waals surface area contributed by atoms with Crippen molar-refractivity contribution in [3.8, 4) is 11.3 Å². The number of alkyl halides is 3. The van der Waals surface area contributed by atoms with Gasteiger partial charge in [-0.05, 0) is 18.2 Å². The van der Waals surface area contributed by atoms with E-state index < -0.39 is 46.9 Å². The van der Waals surface area contributed by atoms with Crippen molar-refractivity contribution in [2.75, 3.05) is 0 Å². The Labute approximate surface area is 103 Å². The molecule has 0 fully saturated rings. The number of hydrogen-bond acceptors (Lipinski definition) is 3. The second-order valence-electron chi connectivity index (χ2n) is 3.66. The number of aromatic nitrogens is 1. The third kappa shape index (κ3) is 2.43. The molecule has 0 bridgehead atoms. The van der Waals surface area contributed by atoms with Gasteiger partial charge >= 0.3 is 6.18 Å². The highest BCUT2D eigenvalue weighted by Gasteiger charge is 2.39. The first kappa shape index (κ1) is 13.5. The molecule has 0 saturated carbocycles. The van der Waals surface area contributed by atoms with E-state index in [-0.39, 0.29) is 0 Å². The average Bonchev–Trinajstić information content (AvgIpc) is 2.75. The van der Waals surface area contributed by atoms with Crippen molar-refractivity contribution in [1.82, 2.24) is 5.16 Å². The van der Waals surface area contributed by atoms with Gasteiger partial charge in [0.15, 0.2) is 11.5 Å². The molecule has 0 radical (unpaired) electrons. The van der Waals surface area contributed by atoms with Crippen molar-refractivity contribution in [1.29, 1.82) is 0 Å². The highest BCUT2D eigenvalue weighted by Crippen LogP contribution is 2.37. The smallest absolute Gasteiger partial charge is 0.355 e. The molecule has 2 rings (SSSR count). The zero-order valence-electron chi connectivity index (χ0n) is 9.26. The van der Waals surface area contributed by atoms with Crippen LogP contribution in [0.3, 0.4) is 0 Å². The molecule has 3 nitrogen and oxygen atoms in total. The molecular weight excluding hydrogens is 271 g/mol. The zero-order chi connectivity index (χ0) is 14.2. The summed E-state index contributed by atoms with van der Waals surface area (Å²) in [4.78, 5) is 0. The molecule has 0 aliphatic rings. The molecule has 102 valence electrons. The first-order chi connectivity index (χ1) is 8.84. The SMILES string of the molecule is NCc1c(C(F)(F)F)noc1-c1cc(F)ccc1F. The standard InChI is InChI=1S/C11H7F5N2O/c12-5-1-2-8(13)6(3-5)9-7(4-17)10(18-19-9)11(14,15)16/h1-3H,4,17H2. The molecule has 2 N–H and O–H groups in total. The van der Waals surface area contributed by atoms with E-state index >= 15 is 0 Å². The molecule has 1 aromatic carbocycles. The van der Waals surface area contributed by atoms with Crippen molar-refractivity contribution < 1.29 is 26.5 Å². The first-order valence-electron chi connectivity index (χ1n) is 5.06. The molecule has 0 atom stereocenters. The lowest BCUT2D eigenvalue weighted by Crippen LogP contribution is -2.11. The molecule has 0 saturated heterocycles. The maximum atomic E-state index is 13.5. The largest absolute Gasteiger partial charge is 0.437 e. The van der Waals surface area contributed by atoms with Crippen LogP contribution in [0.1, 0.15) is 11.3 Å². The molecule has 8 heteroatoms. The third-order valence-electron chi connectivity index (χ3n) is 2.43. The summed E-state index contributed by atoms with van der Waals surface area (Å²) in [6.07, 6.45) is -4.78. The maximum Gasteiger partial charge on any atom is 0.437 e. The van der Waals surface area contributed by atoms with Gasteiger partial charge in [-0.25, -0.2) is 8.78 Å². The van der Waals surface area contributed by atoms with Crippen LogP contribution < -0.4 is 5.73 Å². The summed E-state index contributed by atoms with van der Waals surface area (Å²) >= 11 is 0. The number of hydrogen-bond donors (Lipinski definition) is 1. The van der Waals surface area contributed by atoms with Gasteiger partial charge in [-0.2, -0.15) is 13.2 Å². The predicted molar refractivity (Wildman–Crippen MR) is 54.7 cm³/mol. The number of nitrogens with two attached hydrogens (primary N) is 1. The first-order valence-corrected chi connectivity index (χ1v) is 5.06. The van der Waals surface area contributed by atoms with Crippen molar-refractivity contribution in [3.63, 3.8) is 0 Å². The topological polar surface area (TPSA) is 52.0 Å². The molecule has 1 aromatic heterocycles. The van der Waals surface area contributed by atoms with Crippen LogP contribution in [-0.2, 0) is 12.7 Å². The van der Waals surface area contributed by atoms with Gasteiger partial charge in [0.05, 0.1) is 5.56 Å². The van der Waals surface area contributed by atoms with Gasteiger partial charge in [-0.3, -0.25) is 0 Å². The summed E-state index contributed by atoms with van der Waals surface area (Å²) < 4.78 is 68.8. The van der Waals surface area contributed by atoms with Crippen LogP contribution in [0.5, 0.6) is 0 Å². The minimum atomic E-state index is -4.78. The molecule has 0 spiro atoms. The summed E-state index contributed by atoms with van der Waals surface area (Å²) in [5.41, 5.74) is 2.89. The van der Waals surface area contributed by atoms with Gasteiger partial charge < -0.3 is 10.3 Å². The minimum absolute atomic E-state index is 0.455. The fraction of sp³-hybridized carbons (Fsp3) is 0.182. The molecule has 0 aliphatic carbocycles. The predicted octanol–water partition coefficient (Wildman–Crippen LogP) is 3.10.